The van der Waals surface area contributed by atoms with Crippen molar-refractivity contribution < 1.29 is 19.2 Å². The lowest BCUT2D eigenvalue weighted by molar-refractivity contribution is -0.102. The van der Waals surface area contributed by atoms with Gasteiger partial charge in [-0.15, -0.1) is 11.3 Å². The van der Waals surface area contributed by atoms with Gasteiger partial charge in [-0.3, -0.25) is 4.79 Å². The zero-order chi connectivity index (χ0) is 15.9. The highest BCUT2D eigenvalue weighted by Gasteiger charge is 2.10. The van der Waals surface area contributed by atoms with Crippen LogP contribution in [0.2, 0.25) is 0 Å². The Bertz CT molecular complexity index is 712. The van der Waals surface area contributed by atoms with Crippen molar-refractivity contribution in [3.05, 3.63) is 40.9 Å². The lowest BCUT2D eigenvalue weighted by atomic mass is 10.2. The molecule has 0 fully saturated rings. The Morgan fingerprint density at radius 1 is 1.50 bits per heavy atom. The van der Waals surface area contributed by atoms with Crippen molar-refractivity contribution in [1.29, 1.82) is 0 Å². The van der Waals surface area contributed by atoms with E-state index < -0.39 is 5.97 Å². The second kappa shape index (κ2) is 7.32. The summed E-state index contributed by atoms with van der Waals surface area (Å²) < 4.78 is 4.89. The summed E-state index contributed by atoms with van der Waals surface area (Å²) in [4.78, 5) is 31.8. The lowest BCUT2D eigenvalue weighted by Gasteiger charge is -2.03. The van der Waals surface area contributed by atoms with Gasteiger partial charge < -0.3 is 15.3 Å². The fraction of sp³-hybridized carbons (Fsp3) is 0.143. The molecule has 0 spiro atoms. The summed E-state index contributed by atoms with van der Waals surface area (Å²) >= 11 is 1.19. The normalized spacial score (nSPS) is 11.0. The molecule has 0 unspecified atom stereocenters. The zero-order valence-electron chi connectivity index (χ0n) is 11.7. The molecular weight excluding hydrogens is 306 g/mol. The number of carbonyl (C=O) groups is 2. The average Bonchev–Trinajstić information content (AvgIpc) is 2.95. The first-order valence-electron chi connectivity index (χ1n) is 6.32. The third-order valence-electron chi connectivity index (χ3n) is 2.49. The predicted octanol–water partition coefficient (Wildman–Crippen LogP) is 1.88. The number of carbonyl (C=O) groups excluding carboxylic acids is 2. The van der Waals surface area contributed by atoms with Gasteiger partial charge in [0.1, 0.15) is 5.69 Å². The monoisotopic (exact) mass is 319 g/mol. The van der Waals surface area contributed by atoms with E-state index in [9.17, 15) is 9.59 Å². The summed E-state index contributed by atoms with van der Waals surface area (Å²) in [5.41, 5.74) is 6.18. The van der Waals surface area contributed by atoms with Crippen molar-refractivity contribution in [2.24, 2.45) is 5.16 Å². The Morgan fingerprint density at radius 3 is 2.95 bits per heavy atom. The van der Waals surface area contributed by atoms with E-state index in [1.807, 2.05) is 0 Å². The number of nitrogen functional groups attached to an aromatic ring is 1. The molecule has 7 nitrogen and oxygen atoms in total. The van der Waals surface area contributed by atoms with Gasteiger partial charge in [0.2, 0.25) is 0 Å². The molecule has 1 aromatic carbocycles. The molecule has 2 N–H and O–H groups in total. The SMILES string of the molecule is CCOC(=O)c1cccc(O/N=C(/C=O)c2csc(N)n2)c1. The molecule has 0 radical (unpaired) electrons. The molecule has 0 amide bonds. The Kier molecular flexibility index (Phi) is 5.21. The molecule has 0 aliphatic carbocycles. The second-order valence-corrected chi connectivity index (χ2v) is 4.89. The number of aldehydes is 1. The molecule has 8 heteroatoms. The average molecular weight is 319 g/mol. The number of hydrogen-bond donors (Lipinski definition) is 1. The first-order chi connectivity index (χ1) is 10.6. The van der Waals surface area contributed by atoms with E-state index in [4.69, 9.17) is 15.3 Å². The summed E-state index contributed by atoms with van der Waals surface area (Å²) in [7, 11) is 0. The van der Waals surface area contributed by atoms with E-state index in [-0.39, 0.29) is 12.3 Å². The smallest absolute Gasteiger partial charge is 0.338 e. The molecule has 0 saturated carbocycles. The molecular formula is C14H13N3O4S. The maximum absolute atomic E-state index is 11.6. The van der Waals surface area contributed by atoms with Crippen LogP contribution >= 0.6 is 11.3 Å². The van der Waals surface area contributed by atoms with Gasteiger partial charge in [-0.05, 0) is 25.1 Å². The van der Waals surface area contributed by atoms with Crippen LogP contribution in [-0.4, -0.2) is 29.6 Å². The minimum atomic E-state index is -0.459. The van der Waals surface area contributed by atoms with Gasteiger partial charge in [-0.1, -0.05) is 11.2 Å². The van der Waals surface area contributed by atoms with Crippen molar-refractivity contribution in [2.75, 3.05) is 12.3 Å². The van der Waals surface area contributed by atoms with Gasteiger partial charge in [0.25, 0.3) is 0 Å². The number of anilines is 1. The van der Waals surface area contributed by atoms with Crippen LogP contribution in [0, 0.1) is 0 Å². The number of hydrogen-bond acceptors (Lipinski definition) is 8. The number of ether oxygens (including phenoxy) is 1. The first kappa shape index (κ1) is 15.6. The van der Waals surface area contributed by atoms with E-state index in [0.717, 1.165) is 0 Å². The quantitative estimate of drug-likeness (QED) is 0.377. The highest BCUT2D eigenvalue weighted by Crippen LogP contribution is 2.16. The minimum absolute atomic E-state index is 0.00878. The molecule has 0 atom stereocenters. The van der Waals surface area contributed by atoms with Gasteiger partial charge in [0.15, 0.2) is 22.9 Å². The number of aromatic nitrogens is 1. The van der Waals surface area contributed by atoms with E-state index in [2.05, 4.69) is 10.1 Å². The zero-order valence-corrected chi connectivity index (χ0v) is 12.5. The lowest BCUT2D eigenvalue weighted by Crippen LogP contribution is -2.06. The van der Waals surface area contributed by atoms with Gasteiger partial charge in [-0.25, -0.2) is 9.78 Å². The van der Waals surface area contributed by atoms with Gasteiger partial charge in [0.05, 0.1) is 12.2 Å². The molecule has 0 aliphatic heterocycles. The van der Waals surface area contributed by atoms with Gasteiger partial charge in [-0.2, -0.15) is 0 Å². The molecule has 2 rings (SSSR count). The number of benzene rings is 1. The summed E-state index contributed by atoms with van der Waals surface area (Å²) in [6, 6.07) is 6.29. The molecule has 0 aliphatic rings. The van der Waals surface area contributed by atoms with E-state index in [1.54, 1.807) is 30.5 Å². The summed E-state index contributed by atoms with van der Waals surface area (Å²) in [5.74, 6) is -0.159. The topological polar surface area (TPSA) is 104 Å². The number of rotatable bonds is 6. The predicted molar refractivity (Wildman–Crippen MR) is 82.2 cm³/mol. The molecule has 1 aromatic heterocycles. The highest BCUT2D eigenvalue weighted by molar-refractivity contribution is 7.13. The third kappa shape index (κ3) is 3.89. The minimum Gasteiger partial charge on any atom is -0.462 e. The molecule has 1 heterocycles. The number of oxime groups is 1. The van der Waals surface area contributed by atoms with Gasteiger partial charge in [0, 0.05) is 5.38 Å². The van der Waals surface area contributed by atoms with Crippen LogP contribution in [0.1, 0.15) is 23.0 Å². The van der Waals surface area contributed by atoms with Crippen molar-refractivity contribution >= 4 is 34.4 Å². The Morgan fingerprint density at radius 2 is 2.32 bits per heavy atom. The maximum atomic E-state index is 11.6. The fourth-order valence-electron chi connectivity index (χ4n) is 1.53. The van der Waals surface area contributed by atoms with Crippen LogP contribution < -0.4 is 10.6 Å². The summed E-state index contributed by atoms with van der Waals surface area (Å²) in [6.45, 7) is 2.00. The van der Waals surface area contributed by atoms with Crippen LogP contribution in [0.15, 0.2) is 34.8 Å². The summed E-state index contributed by atoms with van der Waals surface area (Å²) in [5, 5.41) is 5.65. The molecule has 22 heavy (non-hydrogen) atoms. The number of nitrogens with two attached hydrogens (primary N) is 1. The fourth-order valence-corrected chi connectivity index (χ4v) is 2.09. The number of nitrogens with zero attached hydrogens (tertiary/aromatic N) is 2. The summed E-state index contributed by atoms with van der Waals surface area (Å²) in [6.07, 6.45) is 0.518. The molecule has 0 saturated heterocycles. The third-order valence-corrected chi connectivity index (χ3v) is 3.16. The van der Waals surface area contributed by atoms with Gasteiger partial charge >= 0.3 is 5.97 Å². The molecule has 0 bridgehead atoms. The standard InChI is InChI=1S/C14H13N3O4S/c1-2-20-13(19)9-4-3-5-10(6-9)21-17-11(7-18)12-8-22-14(15)16-12/h3-8H,2H2,1H3,(H2,15,16)/b17-11-. The van der Waals surface area contributed by atoms with Crippen LogP contribution in [0.25, 0.3) is 0 Å². The van der Waals surface area contributed by atoms with Crippen LogP contribution in [0.3, 0.4) is 0 Å². The van der Waals surface area contributed by atoms with Crippen molar-refractivity contribution in [2.45, 2.75) is 6.92 Å². The van der Waals surface area contributed by atoms with Crippen LogP contribution in [0.4, 0.5) is 5.13 Å². The highest BCUT2D eigenvalue weighted by atomic mass is 32.1. The van der Waals surface area contributed by atoms with Crippen molar-refractivity contribution in [1.82, 2.24) is 4.98 Å². The second-order valence-electron chi connectivity index (χ2n) is 4.00. The Hall–Kier alpha value is -2.74. The van der Waals surface area contributed by atoms with Crippen LogP contribution in [0.5, 0.6) is 5.75 Å². The van der Waals surface area contributed by atoms with E-state index in [1.165, 1.54) is 17.4 Å². The first-order valence-corrected chi connectivity index (χ1v) is 7.20. The largest absolute Gasteiger partial charge is 0.462 e. The maximum Gasteiger partial charge on any atom is 0.338 e. The van der Waals surface area contributed by atoms with E-state index >= 15 is 0 Å². The van der Waals surface area contributed by atoms with Crippen molar-refractivity contribution in [3.63, 3.8) is 0 Å². The number of thiazole rings is 1. The van der Waals surface area contributed by atoms with Crippen LogP contribution in [-0.2, 0) is 9.53 Å². The molecule has 114 valence electrons. The molecule has 2 aromatic rings. The number of esters is 1. The van der Waals surface area contributed by atoms with Crippen molar-refractivity contribution in [3.8, 4) is 5.75 Å². The Balaban J connectivity index is 2.16. The van der Waals surface area contributed by atoms with E-state index in [0.29, 0.717) is 28.4 Å². The Labute approximate surface area is 130 Å².